The molecule has 0 saturated heterocycles. The number of ether oxygens (including phenoxy) is 2. The number of fused-ring (bicyclic) bond motifs is 1. The summed E-state index contributed by atoms with van der Waals surface area (Å²) < 4.78 is 11.2. The molecule has 1 aliphatic rings. The smallest absolute Gasteiger partial charge is 0.315 e. The van der Waals surface area contributed by atoms with Gasteiger partial charge in [0.05, 0.1) is 12.3 Å². The summed E-state index contributed by atoms with van der Waals surface area (Å²) in [5.74, 6) is 0.0950. The number of esters is 1. The van der Waals surface area contributed by atoms with Gasteiger partial charge in [-0.15, -0.1) is 0 Å². The van der Waals surface area contributed by atoms with Gasteiger partial charge >= 0.3 is 5.97 Å². The lowest BCUT2D eigenvalue weighted by atomic mass is 9.83. The summed E-state index contributed by atoms with van der Waals surface area (Å²) in [7, 11) is 0. The van der Waals surface area contributed by atoms with Crippen molar-refractivity contribution >= 4 is 17.6 Å². The summed E-state index contributed by atoms with van der Waals surface area (Å²) >= 11 is 5.88. The normalized spacial score (nSPS) is 14.8. The fourth-order valence-electron chi connectivity index (χ4n) is 3.72. The minimum atomic E-state index is -0.406. The third kappa shape index (κ3) is 4.46. The van der Waals surface area contributed by atoms with E-state index in [-0.39, 0.29) is 18.2 Å². The first-order chi connectivity index (χ1) is 15.5. The van der Waals surface area contributed by atoms with Gasteiger partial charge < -0.3 is 15.2 Å². The largest absolute Gasteiger partial charge is 0.440 e. The van der Waals surface area contributed by atoms with Crippen LogP contribution in [-0.2, 0) is 17.6 Å². The van der Waals surface area contributed by atoms with Gasteiger partial charge in [-0.2, -0.15) is 5.26 Å². The van der Waals surface area contributed by atoms with Crippen molar-refractivity contribution in [2.75, 3.05) is 0 Å². The number of aryl methyl sites for hydroxylation is 1. The molecule has 0 aliphatic carbocycles. The van der Waals surface area contributed by atoms with Gasteiger partial charge in [0.15, 0.2) is 0 Å². The molecule has 3 aromatic carbocycles. The molecule has 0 fully saturated rings. The Balaban J connectivity index is 1.60. The van der Waals surface area contributed by atoms with Crippen LogP contribution in [0.1, 0.15) is 35.1 Å². The van der Waals surface area contributed by atoms with Crippen molar-refractivity contribution in [2.24, 2.45) is 5.73 Å². The molecule has 3 aromatic rings. The van der Waals surface area contributed by atoms with Crippen LogP contribution in [0.25, 0.3) is 0 Å². The molecule has 1 atom stereocenters. The van der Waals surface area contributed by atoms with Crippen molar-refractivity contribution in [1.29, 1.82) is 5.26 Å². The molecule has 32 heavy (non-hydrogen) atoms. The van der Waals surface area contributed by atoms with E-state index in [0.717, 1.165) is 23.1 Å². The van der Waals surface area contributed by atoms with Gasteiger partial charge in [-0.25, -0.2) is 0 Å². The molecule has 6 heteroatoms. The Morgan fingerprint density at radius 2 is 1.78 bits per heavy atom. The van der Waals surface area contributed by atoms with E-state index in [4.69, 9.17) is 26.8 Å². The number of carbonyl (C=O) groups is 1. The van der Waals surface area contributed by atoms with Crippen molar-refractivity contribution < 1.29 is 14.3 Å². The Kier molecular flexibility index (Phi) is 6.16. The molecule has 0 bridgehead atoms. The number of nitriles is 1. The molecule has 0 radical (unpaired) electrons. The second-order valence-electron chi connectivity index (χ2n) is 7.50. The molecule has 1 heterocycles. The lowest BCUT2D eigenvalue weighted by molar-refractivity contribution is -0.133. The second-order valence-corrected chi connectivity index (χ2v) is 7.93. The summed E-state index contributed by atoms with van der Waals surface area (Å²) in [5, 5.41) is 10.3. The first kappa shape index (κ1) is 21.5. The van der Waals surface area contributed by atoms with Gasteiger partial charge in [0.1, 0.15) is 23.1 Å². The summed E-state index contributed by atoms with van der Waals surface area (Å²) in [4.78, 5) is 12.4. The van der Waals surface area contributed by atoms with E-state index in [1.54, 1.807) is 36.4 Å². The number of benzene rings is 3. The van der Waals surface area contributed by atoms with Gasteiger partial charge in [0, 0.05) is 16.7 Å². The molecule has 0 aromatic heterocycles. The average molecular weight is 445 g/mol. The lowest BCUT2D eigenvalue weighted by Gasteiger charge is -2.26. The standard InChI is InChI=1S/C26H21ClN2O3/c1-2-16-3-7-18(8-4-16)25-21-12-11-20(14-23(21)32-26(29)22(25)15-28)31-24(30)13-17-5-9-19(27)10-6-17/h3-12,14,25H,2,13,29H2,1H3. The molecule has 5 nitrogen and oxygen atoms in total. The molecular weight excluding hydrogens is 424 g/mol. The topological polar surface area (TPSA) is 85.3 Å². The van der Waals surface area contributed by atoms with Crippen LogP contribution in [-0.4, -0.2) is 5.97 Å². The van der Waals surface area contributed by atoms with Crippen molar-refractivity contribution in [3.8, 4) is 17.6 Å². The first-order valence-electron chi connectivity index (χ1n) is 10.2. The van der Waals surface area contributed by atoms with Crippen LogP contribution in [0.2, 0.25) is 5.02 Å². The molecule has 0 spiro atoms. The molecule has 0 saturated carbocycles. The highest BCUT2D eigenvalue weighted by Crippen LogP contribution is 2.43. The van der Waals surface area contributed by atoms with Gasteiger partial charge in [-0.3, -0.25) is 4.79 Å². The zero-order valence-corrected chi connectivity index (χ0v) is 18.2. The number of allylic oxidation sites excluding steroid dienone is 1. The minimum absolute atomic E-state index is 0.0502. The maximum absolute atomic E-state index is 12.4. The van der Waals surface area contributed by atoms with Crippen molar-refractivity contribution in [2.45, 2.75) is 25.7 Å². The van der Waals surface area contributed by atoms with E-state index in [9.17, 15) is 10.1 Å². The first-order valence-corrected chi connectivity index (χ1v) is 10.6. The molecule has 160 valence electrons. The molecule has 1 aliphatic heterocycles. The summed E-state index contributed by atoms with van der Waals surface area (Å²) in [5.41, 5.74) is 10.2. The Morgan fingerprint density at radius 1 is 1.09 bits per heavy atom. The third-order valence-electron chi connectivity index (χ3n) is 5.41. The quantitative estimate of drug-likeness (QED) is 0.428. The van der Waals surface area contributed by atoms with Crippen LogP contribution in [0.3, 0.4) is 0 Å². The number of carbonyl (C=O) groups excluding carboxylic acids is 1. The van der Waals surface area contributed by atoms with Crippen molar-refractivity contribution in [3.63, 3.8) is 0 Å². The predicted octanol–water partition coefficient (Wildman–Crippen LogP) is 5.27. The van der Waals surface area contributed by atoms with E-state index in [1.807, 2.05) is 30.3 Å². The zero-order chi connectivity index (χ0) is 22.7. The maximum atomic E-state index is 12.4. The molecule has 4 rings (SSSR count). The van der Waals surface area contributed by atoms with Gasteiger partial charge in [-0.1, -0.05) is 61.0 Å². The fraction of sp³-hybridized carbons (Fsp3) is 0.154. The summed E-state index contributed by atoms with van der Waals surface area (Å²) in [6, 6.07) is 22.4. The van der Waals surface area contributed by atoms with E-state index in [0.29, 0.717) is 22.1 Å². The Morgan fingerprint density at radius 3 is 2.44 bits per heavy atom. The number of nitrogens with zero attached hydrogens (tertiary/aromatic N) is 1. The summed E-state index contributed by atoms with van der Waals surface area (Å²) in [6.07, 6.45) is 1.04. The fourth-order valence-corrected chi connectivity index (χ4v) is 3.85. The van der Waals surface area contributed by atoms with Crippen LogP contribution in [0.5, 0.6) is 11.5 Å². The monoisotopic (exact) mass is 444 g/mol. The summed E-state index contributed by atoms with van der Waals surface area (Å²) in [6.45, 7) is 2.09. The van der Waals surface area contributed by atoms with E-state index >= 15 is 0 Å². The van der Waals surface area contributed by atoms with Crippen molar-refractivity contribution in [1.82, 2.24) is 0 Å². The Labute approximate surface area is 191 Å². The number of nitrogens with two attached hydrogens (primary N) is 1. The van der Waals surface area contributed by atoms with Gasteiger partial charge in [0.2, 0.25) is 5.88 Å². The Hall–Kier alpha value is -3.75. The second kappa shape index (κ2) is 9.17. The maximum Gasteiger partial charge on any atom is 0.315 e. The molecular formula is C26H21ClN2O3. The average Bonchev–Trinajstić information content (AvgIpc) is 2.79. The van der Waals surface area contributed by atoms with Gasteiger partial charge in [0.25, 0.3) is 0 Å². The minimum Gasteiger partial charge on any atom is -0.440 e. The van der Waals surface area contributed by atoms with Crippen LogP contribution in [0.4, 0.5) is 0 Å². The van der Waals surface area contributed by atoms with E-state index < -0.39 is 5.97 Å². The van der Waals surface area contributed by atoms with E-state index in [2.05, 4.69) is 13.0 Å². The van der Waals surface area contributed by atoms with Crippen LogP contribution >= 0.6 is 11.6 Å². The number of rotatable bonds is 5. The molecule has 1 unspecified atom stereocenters. The molecule has 2 N–H and O–H groups in total. The predicted molar refractivity (Wildman–Crippen MR) is 122 cm³/mol. The SMILES string of the molecule is CCc1ccc(C2C(C#N)=C(N)Oc3cc(OC(=O)Cc4ccc(Cl)cc4)ccc32)cc1. The third-order valence-corrected chi connectivity index (χ3v) is 5.66. The van der Waals surface area contributed by atoms with Crippen LogP contribution < -0.4 is 15.2 Å². The number of hydrogen-bond donors (Lipinski definition) is 1. The number of hydrogen-bond acceptors (Lipinski definition) is 5. The van der Waals surface area contributed by atoms with E-state index in [1.165, 1.54) is 5.56 Å². The van der Waals surface area contributed by atoms with Crippen molar-refractivity contribution in [3.05, 3.63) is 105 Å². The Bertz CT molecular complexity index is 1230. The highest BCUT2D eigenvalue weighted by Gasteiger charge is 2.31. The van der Waals surface area contributed by atoms with Crippen LogP contribution in [0.15, 0.2) is 78.2 Å². The van der Waals surface area contributed by atoms with Crippen LogP contribution in [0, 0.1) is 11.3 Å². The molecule has 0 amide bonds. The number of halogens is 1. The highest BCUT2D eigenvalue weighted by molar-refractivity contribution is 6.30. The highest BCUT2D eigenvalue weighted by atomic mass is 35.5. The lowest BCUT2D eigenvalue weighted by Crippen LogP contribution is -2.21. The zero-order valence-electron chi connectivity index (χ0n) is 17.5. The van der Waals surface area contributed by atoms with Gasteiger partial charge in [-0.05, 0) is 41.3 Å².